The van der Waals surface area contributed by atoms with Crippen LogP contribution < -0.4 is 16.4 Å². The number of rotatable bonds is 3. The Bertz CT molecular complexity index is 934. The number of hydrogen-bond donors (Lipinski definition) is 3. The number of aryl methyl sites for hydroxylation is 2. The van der Waals surface area contributed by atoms with E-state index in [0.29, 0.717) is 22.0 Å². The van der Waals surface area contributed by atoms with Crippen LogP contribution >= 0.6 is 23.6 Å². The summed E-state index contributed by atoms with van der Waals surface area (Å²) in [7, 11) is 0. The molecular weight excluding hydrogens is 378 g/mol. The van der Waals surface area contributed by atoms with Crippen LogP contribution in [-0.4, -0.2) is 16.9 Å². The molecule has 1 aromatic heterocycles. The van der Waals surface area contributed by atoms with Gasteiger partial charge in [0.1, 0.15) is 5.00 Å². The van der Waals surface area contributed by atoms with E-state index in [1.807, 2.05) is 26.0 Å². The molecule has 0 aliphatic heterocycles. The van der Waals surface area contributed by atoms with E-state index in [0.717, 1.165) is 36.0 Å². The minimum atomic E-state index is -0.465. The SMILES string of the molecule is Cc1ccc(C(=O)NC(=S)Nc2sc3c(c2C(N)=O)CCC(C)C3)c(C)c1. The van der Waals surface area contributed by atoms with E-state index in [9.17, 15) is 9.59 Å². The summed E-state index contributed by atoms with van der Waals surface area (Å²) in [6, 6.07) is 5.62. The lowest BCUT2D eigenvalue weighted by atomic mass is 9.88. The van der Waals surface area contributed by atoms with Gasteiger partial charge in [0, 0.05) is 10.4 Å². The molecule has 1 atom stereocenters. The Morgan fingerprint density at radius 2 is 2.04 bits per heavy atom. The van der Waals surface area contributed by atoms with Gasteiger partial charge in [0.2, 0.25) is 0 Å². The van der Waals surface area contributed by atoms with Crippen LogP contribution in [0.5, 0.6) is 0 Å². The van der Waals surface area contributed by atoms with Gasteiger partial charge in [-0.3, -0.25) is 14.9 Å². The van der Waals surface area contributed by atoms with Crippen molar-refractivity contribution in [1.82, 2.24) is 5.32 Å². The third kappa shape index (κ3) is 4.20. The van der Waals surface area contributed by atoms with Gasteiger partial charge in [0.15, 0.2) is 5.11 Å². The fraction of sp³-hybridized carbons (Fsp3) is 0.350. The largest absolute Gasteiger partial charge is 0.365 e. The average molecular weight is 402 g/mol. The monoisotopic (exact) mass is 401 g/mol. The molecule has 1 aliphatic carbocycles. The zero-order valence-electron chi connectivity index (χ0n) is 15.6. The van der Waals surface area contributed by atoms with Gasteiger partial charge in [0.25, 0.3) is 11.8 Å². The van der Waals surface area contributed by atoms with Gasteiger partial charge in [0.05, 0.1) is 5.56 Å². The number of fused-ring (bicyclic) bond motifs is 1. The quantitative estimate of drug-likeness (QED) is 0.685. The molecular formula is C20H23N3O2S2. The van der Waals surface area contributed by atoms with Gasteiger partial charge in [-0.2, -0.15) is 0 Å². The number of nitrogens with two attached hydrogens (primary N) is 1. The Morgan fingerprint density at radius 1 is 1.30 bits per heavy atom. The predicted molar refractivity (Wildman–Crippen MR) is 114 cm³/mol. The highest BCUT2D eigenvalue weighted by Crippen LogP contribution is 2.39. The summed E-state index contributed by atoms with van der Waals surface area (Å²) in [4.78, 5) is 25.7. The van der Waals surface area contributed by atoms with Crippen LogP contribution in [-0.2, 0) is 12.8 Å². The van der Waals surface area contributed by atoms with Crippen molar-refractivity contribution < 1.29 is 9.59 Å². The van der Waals surface area contributed by atoms with Gasteiger partial charge in [-0.25, -0.2) is 0 Å². The van der Waals surface area contributed by atoms with Crippen LogP contribution in [0.3, 0.4) is 0 Å². The van der Waals surface area contributed by atoms with Gasteiger partial charge in [-0.15, -0.1) is 11.3 Å². The first-order valence-corrected chi connectivity index (χ1v) is 10.1. The molecule has 0 fully saturated rings. The third-order valence-corrected chi connectivity index (χ3v) is 6.21. The molecule has 0 spiro atoms. The Labute approximate surface area is 168 Å². The topological polar surface area (TPSA) is 84.2 Å². The standard InChI is InChI=1S/C20H23N3O2S2/c1-10-4-6-13(12(3)8-10)18(25)22-20(26)23-19-16(17(21)24)14-7-5-11(2)9-15(14)27-19/h4,6,8,11H,5,7,9H2,1-3H3,(H2,21,24)(H2,22,23,25,26). The average Bonchev–Trinajstić information content (AvgIpc) is 2.91. The van der Waals surface area contributed by atoms with E-state index in [2.05, 4.69) is 17.6 Å². The Morgan fingerprint density at radius 3 is 2.70 bits per heavy atom. The molecule has 1 unspecified atom stereocenters. The predicted octanol–water partition coefficient (Wildman–Crippen LogP) is 3.72. The molecule has 2 amide bonds. The summed E-state index contributed by atoms with van der Waals surface area (Å²) in [6.07, 6.45) is 2.82. The molecule has 1 aliphatic rings. The number of thiocarbonyl (C=S) groups is 1. The van der Waals surface area contributed by atoms with Gasteiger partial charge in [-0.1, -0.05) is 24.6 Å². The van der Waals surface area contributed by atoms with Crippen molar-refractivity contribution in [3.8, 4) is 0 Å². The van der Waals surface area contributed by atoms with E-state index in [-0.39, 0.29) is 11.0 Å². The molecule has 2 aromatic rings. The van der Waals surface area contributed by atoms with Gasteiger partial charge >= 0.3 is 0 Å². The van der Waals surface area contributed by atoms with Crippen molar-refractivity contribution in [1.29, 1.82) is 0 Å². The van der Waals surface area contributed by atoms with Crippen LogP contribution in [0.15, 0.2) is 18.2 Å². The van der Waals surface area contributed by atoms with Crippen molar-refractivity contribution >= 4 is 45.5 Å². The molecule has 27 heavy (non-hydrogen) atoms. The van der Waals surface area contributed by atoms with E-state index < -0.39 is 5.91 Å². The highest BCUT2D eigenvalue weighted by Gasteiger charge is 2.27. The van der Waals surface area contributed by atoms with Crippen molar-refractivity contribution in [2.75, 3.05) is 5.32 Å². The lowest BCUT2D eigenvalue weighted by Crippen LogP contribution is -2.34. The summed E-state index contributed by atoms with van der Waals surface area (Å²) < 4.78 is 0. The number of benzene rings is 1. The molecule has 142 valence electrons. The third-order valence-electron chi connectivity index (χ3n) is 4.84. The van der Waals surface area contributed by atoms with E-state index in [4.69, 9.17) is 18.0 Å². The van der Waals surface area contributed by atoms with Crippen LogP contribution in [0, 0.1) is 19.8 Å². The van der Waals surface area contributed by atoms with Crippen molar-refractivity contribution in [3.63, 3.8) is 0 Å². The second-order valence-electron chi connectivity index (χ2n) is 7.15. The maximum Gasteiger partial charge on any atom is 0.257 e. The number of hydrogen-bond acceptors (Lipinski definition) is 4. The number of nitrogens with one attached hydrogen (secondary N) is 2. The van der Waals surface area contributed by atoms with Gasteiger partial charge in [-0.05, 0) is 68.4 Å². The summed E-state index contributed by atoms with van der Waals surface area (Å²) in [6.45, 7) is 6.07. The zero-order valence-corrected chi connectivity index (χ0v) is 17.3. The molecule has 4 N–H and O–H groups in total. The fourth-order valence-corrected chi connectivity index (χ4v) is 5.15. The number of amides is 2. The number of thiophene rings is 1. The lowest BCUT2D eigenvalue weighted by molar-refractivity contribution is 0.0975. The maximum atomic E-state index is 12.5. The Hall–Kier alpha value is -2.25. The molecule has 7 heteroatoms. The van der Waals surface area contributed by atoms with E-state index in [1.165, 1.54) is 16.2 Å². The summed E-state index contributed by atoms with van der Waals surface area (Å²) in [5.74, 6) is -0.158. The van der Waals surface area contributed by atoms with E-state index in [1.54, 1.807) is 6.07 Å². The maximum absolute atomic E-state index is 12.5. The van der Waals surface area contributed by atoms with E-state index >= 15 is 0 Å². The molecule has 3 rings (SSSR count). The molecule has 0 bridgehead atoms. The smallest absolute Gasteiger partial charge is 0.257 e. The summed E-state index contributed by atoms with van der Waals surface area (Å²) >= 11 is 6.80. The first-order valence-electron chi connectivity index (χ1n) is 8.90. The number of carbonyl (C=O) groups excluding carboxylic acids is 2. The lowest BCUT2D eigenvalue weighted by Gasteiger charge is -2.18. The van der Waals surface area contributed by atoms with Crippen LogP contribution in [0.25, 0.3) is 0 Å². The van der Waals surface area contributed by atoms with Crippen LogP contribution in [0.4, 0.5) is 5.00 Å². The second-order valence-corrected chi connectivity index (χ2v) is 8.66. The normalized spacial score (nSPS) is 15.7. The number of carbonyl (C=O) groups is 2. The highest BCUT2D eigenvalue weighted by molar-refractivity contribution is 7.80. The van der Waals surface area contributed by atoms with Crippen molar-refractivity contribution in [2.45, 2.75) is 40.0 Å². The molecule has 0 saturated carbocycles. The van der Waals surface area contributed by atoms with Crippen molar-refractivity contribution in [2.24, 2.45) is 11.7 Å². The second kappa shape index (κ2) is 7.78. The molecule has 1 heterocycles. The molecule has 1 aromatic carbocycles. The first kappa shape index (κ1) is 19.5. The minimum absolute atomic E-state index is 0.161. The number of anilines is 1. The highest BCUT2D eigenvalue weighted by atomic mass is 32.1. The molecule has 0 saturated heterocycles. The van der Waals surface area contributed by atoms with Crippen molar-refractivity contribution in [3.05, 3.63) is 50.9 Å². The fourth-order valence-electron chi connectivity index (χ4n) is 3.47. The minimum Gasteiger partial charge on any atom is -0.365 e. The summed E-state index contributed by atoms with van der Waals surface area (Å²) in [5, 5.41) is 6.49. The molecule has 5 nitrogen and oxygen atoms in total. The Kier molecular flexibility index (Phi) is 5.62. The Balaban J connectivity index is 1.78. The molecule has 0 radical (unpaired) electrons. The number of primary amides is 1. The zero-order chi connectivity index (χ0) is 19.7. The first-order chi connectivity index (χ1) is 12.8. The van der Waals surface area contributed by atoms with Crippen LogP contribution in [0.2, 0.25) is 0 Å². The van der Waals surface area contributed by atoms with Gasteiger partial charge < -0.3 is 11.1 Å². The summed E-state index contributed by atoms with van der Waals surface area (Å²) in [5.41, 5.74) is 9.69. The van der Waals surface area contributed by atoms with Crippen LogP contribution in [0.1, 0.15) is 55.6 Å².